The monoisotopic (exact) mass is 255 g/mol. The van der Waals surface area contributed by atoms with Gasteiger partial charge in [0.2, 0.25) is 11.7 Å². The largest absolute Gasteiger partial charge is 0.501 e. The minimum absolute atomic E-state index is 0.0123. The van der Waals surface area contributed by atoms with Gasteiger partial charge in [0.05, 0.1) is 16.7 Å². The van der Waals surface area contributed by atoms with Crippen molar-refractivity contribution in [2.24, 2.45) is 0 Å². The molecule has 0 radical (unpaired) electrons. The molecule has 7 nitrogen and oxygen atoms in total. The second-order valence-electron chi connectivity index (χ2n) is 2.96. The quantitative estimate of drug-likeness (QED) is 0.485. The van der Waals surface area contributed by atoms with Crippen molar-refractivity contribution in [3.8, 4) is 11.8 Å². The molecule has 0 bridgehead atoms. The number of benzene rings is 1. The van der Waals surface area contributed by atoms with Crippen LogP contribution >= 0.6 is 11.6 Å². The molecule has 0 unspecified atom stereocenters. The van der Waals surface area contributed by atoms with Gasteiger partial charge < -0.3 is 10.4 Å². The van der Waals surface area contributed by atoms with Crippen molar-refractivity contribution in [1.29, 1.82) is 5.26 Å². The first kappa shape index (κ1) is 12.7. The fraction of sp³-hybridized carbons (Fsp3) is 0.111. The van der Waals surface area contributed by atoms with Crippen LogP contribution in [0.4, 0.5) is 11.4 Å². The highest BCUT2D eigenvalue weighted by atomic mass is 35.5. The predicted molar refractivity (Wildman–Crippen MR) is 58.6 cm³/mol. The molecule has 17 heavy (non-hydrogen) atoms. The van der Waals surface area contributed by atoms with E-state index in [1.165, 1.54) is 0 Å². The molecule has 0 aliphatic carbocycles. The summed E-state index contributed by atoms with van der Waals surface area (Å²) in [6, 6.07) is 3.71. The molecule has 0 atom stereocenters. The highest BCUT2D eigenvalue weighted by molar-refractivity contribution is 6.31. The van der Waals surface area contributed by atoms with E-state index in [0.29, 0.717) is 0 Å². The lowest BCUT2D eigenvalue weighted by Crippen LogP contribution is -2.10. The molecule has 0 aliphatic rings. The van der Waals surface area contributed by atoms with Crippen molar-refractivity contribution in [2.45, 2.75) is 6.42 Å². The molecule has 0 spiro atoms. The van der Waals surface area contributed by atoms with E-state index >= 15 is 0 Å². The molecule has 1 aromatic rings. The van der Waals surface area contributed by atoms with Crippen molar-refractivity contribution in [3.05, 3.63) is 27.3 Å². The summed E-state index contributed by atoms with van der Waals surface area (Å²) in [7, 11) is 0. The van der Waals surface area contributed by atoms with Gasteiger partial charge in [-0.25, -0.2) is 0 Å². The zero-order valence-electron chi connectivity index (χ0n) is 8.31. The number of amides is 1. The Labute approximate surface area is 100 Å². The number of halogens is 1. The molecule has 8 heteroatoms. The number of nitriles is 1. The van der Waals surface area contributed by atoms with Crippen LogP contribution in [0.25, 0.3) is 0 Å². The molecule has 1 aromatic carbocycles. The fourth-order valence-corrected chi connectivity index (χ4v) is 1.30. The normalized spacial score (nSPS) is 9.41. The van der Waals surface area contributed by atoms with Crippen molar-refractivity contribution in [2.75, 3.05) is 5.32 Å². The van der Waals surface area contributed by atoms with Gasteiger partial charge in [0.1, 0.15) is 6.42 Å². The van der Waals surface area contributed by atoms with Crippen LogP contribution in [0.5, 0.6) is 5.75 Å². The molecule has 88 valence electrons. The third-order valence-electron chi connectivity index (χ3n) is 1.76. The van der Waals surface area contributed by atoms with Gasteiger partial charge in [-0.05, 0) is 6.07 Å². The zero-order chi connectivity index (χ0) is 13.0. The Bertz CT molecular complexity index is 524. The highest BCUT2D eigenvalue weighted by Gasteiger charge is 2.19. The molecule has 0 saturated heterocycles. The zero-order valence-corrected chi connectivity index (χ0v) is 9.06. The van der Waals surface area contributed by atoms with Crippen molar-refractivity contribution < 1.29 is 14.8 Å². The van der Waals surface area contributed by atoms with Crippen LogP contribution < -0.4 is 5.32 Å². The lowest BCUT2D eigenvalue weighted by atomic mass is 10.2. The Morgan fingerprint density at radius 2 is 2.29 bits per heavy atom. The maximum atomic E-state index is 11.1. The first-order valence-corrected chi connectivity index (χ1v) is 4.67. The summed E-state index contributed by atoms with van der Waals surface area (Å²) in [6.45, 7) is 0. The Morgan fingerprint density at radius 3 is 2.82 bits per heavy atom. The minimum Gasteiger partial charge on any atom is -0.501 e. The molecule has 1 amide bonds. The van der Waals surface area contributed by atoms with E-state index in [-0.39, 0.29) is 10.7 Å². The van der Waals surface area contributed by atoms with E-state index in [2.05, 4.69) is 5.32 Å². The average molecular weight is 256 g/mol. The van der Waals surface area contributed by atoms with Crippen LogP contribution in [0.1, 0.15) is 6.42 Å². The van der Waals surface area contributed by atoms with Gasteiger partial charge in [-0.1, -0.05) is 11.6 Å². The van der Waals surface area contributed by atoms with Gasteiger partial charge >= 0.3 is 5.69 Å². The van der Waals surface area contributed by atoms with Crippen LogP contribution in [0.3, 0.4) is 0 Å². The maximum Gasteiger partial charge on any atom is 0.314 e. The Balaban J connectivity index is 3.13. The lowest BCUT2D eigenvalue weighted by Gasteiger charge is -2.06. The van der Waals surface area contributed by atoms with Gasteiger partial charge in [-0.15, -0.1) is 0 Å². The Kier molecular flexibility index (Phi) is 3.85. The number of carbonyl (C=O) groups is 1. The Hall–Kier alpha value is -2.33. The molecule has 1 rings (SSSR count). The number of hydrogen-bond donors (Lipinski definition) is 2. The number of anilines is 1. The summed E-state index contributed by atoms with van der Waals surface area (Å²) in [6.07, 6.45) is -0.431. The minimum atomic E-state index is -0.832. The first-order chi connectivity index (χ1) is 7.95. The number of phenolic OH excluding ortho intramolecular Hbond substituents is 1. The number of nitrogens with zero attached hydrogens (tertiary/aromatic N) is 2. The number of hydrogen-bond acceptors (Lipinski definition) is 5. The summed E-state index contributed by atoms with van der Waals surface area (Å²) in [4.78, 5) is 20.8. The number of aromatic hydroxyl groups is 1. The predicted octanol–water partition coefficient (Wildman–Crippen LogP) is 1.81. The molecule has 0 fully saturated rings. The van der Waals surface area contributed by atoms with Gasteiger partial charge in [-0.3, -0.25) is 14.9 Å². The summed E-state index contributed by atoms with van der Waals surface area (Å²) in [5, 5.41) is 30.5. The number of phenols is 1. The number of nitro benzene ring substituents is 1. The summed E-state index contributed by atoms with van der Waals surface area (Å²) in [5.74, 6) is -1.40. The topological polar surface area (TPSA) is 116 Å². The van der Waals surface area contributed by atoms with E-state index in [4.69, 9.17) is 16.9 Å². The molecular formula is C9H6ClN3O4. The number of carbonyl (C=O) groups excluding carboxylic acids is 1. The summed E-state index contributed by atoms with van der Waals surface area (Å²) >= 11 is 5.59. The molecule has 0 heterocycles. The van der Waals surface area contributed by atoms with Crippen molar-refractivity contribution in [1.82, 2.24) is 0 Å². The molecule has 0 aromatic heterocycles. The van der Waals surface area contributed by atoms with Gasteiger partial charge in [0.15, 0.2) is 0 Å². The van der Waals surface area contributed by atoms with Crippen LogP contribution in [-0.2, 0) is 4.79 Å². The third-order valence-corrected chi connectivity index (χ3v) is 1.98. The van der Waals surface area contributed by atoms with Gasteiger partial charge in [0, 0.05) is 11.1 Å². The first-order valence-electron chi connectivity index (χ1n) is 4.29. The van der Waals surface area contributed by atoms with Crippen molar-refractivity contribution >= 4 is 28.9 Å². The third kappa shape index (κ3) is 3.06. The summed E-state index contributed by atoms with van der Waals surface area (Å²) in [5.41, 5.74) is -0.825. The standard InChI is InChI=1S/C9H6ClN3O4/c10-5-3-6(12-8(14)1-2-11)9(15)7(4-5)13(16)17/h3-4,15H,1H2,(H,12,14). The van der Waals surface area contributed by atoms with Gasteiger partial charge in [0.25, 0.3) is 0 Å². The fourth-order valence-electron chi connectivity index (χ4n) is 1.09. The average Bonchev–Trinajstić information content (AvgIpc) is 2.22. The molecular weight excluding hydrogens is 250 g/mol. The molecule has 2 N–H and O–H groups in total. The van der Waals surface area contributed by atoms with E-state index in [0.717, 1.165) is 12.1 Å². The van der Waals surface area contributed by atoms with Gasteiger partial charge in [-0.2, -0.15) is 5.26 Å². The summed E-state index contributed by atoms with van der Waals surface area (Å²) < 4.78 is 0. The van der Waals surface area contributed by atoms with E-state index in [1.807, 2.05) is 0 Å². The SMILES string of the molecule is N#CCC(=O)Nc1cc(Cl)cc([N+](=O)[O-])c1O. The number of nitro groups is 1. The Morgan fingerprint density at radius 1 is 1.65 bits per heavy atom. The maximum absolute atomic E-state index is 11.1. The van der Waals surface area contributed by atoms with E-state index in [1.54, 1.807) is 6.07 Å². The second-order valence-corrected chi connectivity index (χ2v) is 3.40. The molecule has 0 aliphatic heterocycles. The van der Waals surface area contributed by atoms with Crippen LogP contribution in [0.2, 0.25) is 5.02 Å². The lowest BCUT2D eigenvalue weighted by molar-refractivity contribution is -0.385. The smallest absolute Gasteiger partial charge is 0.314 e. The highest BCUT2D eigenvalue weighted by Crippen LogP contribution is 2.36. The van der Waals surface area contributed by atoms with Crippen molar-refractivity contribution in [3.63, 3.8) is 0 Å². The van der Waals surface area contributed by atoms with Crippen LogP contribution in [0.15, 0.2) is 12.1 Å². The van der Waals surface area contributed by atoms with Crippen LogP contribution in [0, 0.1) is 21.4 Å². The molecule has 0 saturated carbocycles. The van der Waals surface area contributed by atoms with E-state index < -0.39 is 28.7 Å². The number of rotatable bonds is 3. The second kappa shape index (κ2) is 5.14. The number of nitrogens with one attached hydrogen (secondary N) is 1. The van der Waals surface area contributed by atoms with Crippen LogP contribution in [-0.4, -0.2) is 15.9 Å². The van der Waals surface area contributed by atoms with E-state index in [9.17, 15) is 20.0 Å².